The number of phenolic OH excluding ortho intramolecular Hbond substituents is 2. The Kier molecular flexibility index (Phi) is 5.72. The molecule has 0 saturated heterocycles. The molecule has 0 amide bonds. The number of benzene rings is 3. The molecule has 2 N–H and O–H groups in total. The average Bonchev–Trinajstić information content (AvgIpc) is 2.67. The van der Waals surface area contributed by atoms with Gasteiger partial charge in [-0.05, 0) is 66.7 Å². The summed E-state index contributed by atoms with van der Waals surface area (Å²) in [6.07, 6.45) is 0. The van der Waals surface area contributed by atoms with Crippen molar-refractivity contribution in [3.63, 3.8) is 0 Å². The van der Waals surface area contributed by atoms with E-state index < -0.39 is 0 Å². The molecule has 0 aromatic heterocycles. The summed E-state index contributed by atoms with van der Waals surface area (Å²) in [6, 6.07) is 23.5. The molecule has 3 aromatic carbocycles. The van der Waals surface area contributed by atoms with Gasteiger partial charge in [0.15, 0.2) is 6.61 Å². The lowest BCUT2D eigenvalue weighted by atomic mass is 10.0. The van der Waals surface area contributed by atoms with Gasteiger partial charge in [0.05, 0.1) is 0 Å². The topological polar surface area (TPSA) is 71.3 Å². The first-order valence-corrected chi connectivity index (χ1v) is 8.10. The molecule has 131 valence electrons. The average molecular weight is 348 g/mol. The van der Waals surface area contributed by atoms with E-state index in [2.05, 4.69) is 11.2 Å². The zero-order chi connectivity index (χ0) is 18.2. The van der Waals surface area contributed by atoms with Gasteiger partial charge in [-0.2, -0.15) is 0 Å². The van der Waals surface area contributed by atoms with Crippen LogP contribution in [0.5, 0.6) is 17.2 Å². The lowest BCUT2D eigenvalue weighted by Crippen LogP contribution is -2.08. The molecule has 0 aliphatic rings. The minimum Gasteiger partial charge on any atom is -0.508 e. The molecular formula is C21H18NO4. The van der Waals surface area contributed by atoms with Gasteiger partial charge in [0.2, 0.25) is 0 Å². The first-order valence-electron chi connectivity index (χ1n) is 8.10. The highest BCUT2D eigenvalue weighted by molar-refractivity contribution is 6.12. The largest absolute Gasteiger partial charge is 0.508 e. The van der Waals surface area contributed by atoms with Crippen molar-refractivity contribution in [2.45, 2.75) is 0 Å². The number of nitrogens with zero attached hydrogens (tertiary/aromatic N) is 1. The van der Waals surface area contributed by atoms with Gasteiger partial charge in [0, 0.05) is 11.1 Å². The standard InChI is InChI=1S/C21H18NO4/c23-18-10-6-16(7-11-18)21(17-8-12-19(24)13-9-17)22-26-15-14-25-20-4-2-1-3-5-20/h1-2,4-13,23-24H,14-15H2. The van der Waals surface area contributed by atoms with Crippen LogP contribution in [0.3, 0.4) is 0 Å². The zero-order valence-electron chi connectivity index (χ0n) is 14.0. The van der Waals surface area contributed by atoms with Gasteiger partial charge in [-0.3, -0.25) is 0 Å². The maximum absolute atomic E-state index is 9.48. The van der Waals surface area contributed by atoms with Gasteiger partial charge in [0.1, 0.15) is 29.6 Å². The summed E-state index contributed by atoms with van der Waals surface area (Å²) in [6.45, 7) is 0.619. The molecule has 0 unspecified atom stereocenters. The molecule has 0 saturated carbocycles. The molecule has 3 rings (SSSR count). The summed E-state index contributed by atoms with van der Waals surface area (Å²) in [5.74, 6) is 1.07. The molecule has 0 aliphatic heterocycles. The zero-order valence-corrected chi connectivity index (χ0v) is 14.0. The smallest absolute Gasteiger partial charge is 0.151 e. The Morgan fingerprint density at radius 3 is 2.00 bits per heavy atom. The van der Waals surface area contributed by atoms with Crippen LogP contribution in [0.2, 0.25) is 0 Å². The highest BCUT2D eigenvalue weighted by Gasteiger charge is 2.08. The van der Waals surface area contributed by atoms with Crippen molar-refractivity contribution in [3.05, 3.63) is 90.0 Å². The third-order valence-electron chi connectivity index (χ3n) is 3.56. The fourth-order valence-corrected chi connectivity index (χ4v) is 2.28. The Labute approximate surface area is 151 Å². The van der Waals surface area contributed by atoms with E-state index in [1.807, 2.05) is 12.1 Å². The van der Waals surface area contributed by atoms with E-state index >= 15 is 0 Å². The Morgan fingerprint density at radius 1 is 0.846 bits per heavy atom. The van der Waals surface area contributed by atoms with Crippen LogP contribution in [-0.2, 0) is 4.84 Å². The van der Waals surface area contributed by atoms with Crippen molar-refractivity contribution < 1.29 is 19.8 Å². The van der Waals surface area contributed by atoms with Gasteiger partial charge in [-0.15, -0.1) is 0 Å². The normalized spacial score (nSPS) is 10.2. The van der Waals surface area contributed by atoms with Crippen molar-refractivity contribution in [1.82, 2.24) is 0 Å². The van der Waals surface area contributed by atoms with Crippen molar-refractivity contribution in [2.24, 2.45) is 5.16 Å². The number of oxime groups is 1. The van der Waals surface area contributed by atoms with E-state index in [4.69, 9.17) is 9.57 Å². The summed E-state index contributed by atoms with van der Waals surface area (Å²) >= 11 is 0. The minimum absolute atomic E-state index is 0.174. The monoisotopic (exact) mass is 348 g/mol. The van der Waals surface area contributed by atoms with Crippen molar-refractivity contribution in [2.75, 3.05) is 13.2 Å². The summed E-state index contributed by atoms with van der Waals surface area (Å²) in [5, 5.41) is 23.2. The number of ether oxygens (including phenoxy) is 1. The fourth-order valence-electron chi connectivity index (χ4n) is 2.28. The number of hydrogen-bond donors (Lipinski definition) is 2. The van der Waals surface area contributed by atoms with E-state index in [0.717, 1.165) is 16.9 Å². The van der Waals surface area contributed by atoms with Gasteiger partial charge >= 0.3 is 0 Å². The summed E-state index contributed by atoms with van der Waals surface area (Å²) in [5.41, 5.74) is 2.16. The van der Waals surface area contributed by atoms with Crippen molar-refractivity contribution in [1.29, 1.82) is 0 Å². The minimum atomic E-state index is 0.174. The van der Waals surface area contributed by atoms with Crippen LogP contribution >= 0.6 is 0 Å². The summed E-state index contributed by atoms with van der Waals surface area (Å²) in [7, 11) is 0. The number of rotatable bonds is 7. The second kappa shape index (κ2) is 8.58. The molecule has 3 aromatic rings. The number of phenols is 2. The lowest BCUT2D eigenvalue weighted by molar-refractivity contribution is 0.107. The Balaban J connectivity index is 1.69. The van der Waals surface area contributed by atoms with E-state index in [1.54, 1.807) is 60.7 Å². The predicted octanol–water partition coefficient (Wildman–Crippen LogP) is 3.75. The van der Waals surface area contributed by atoms with Crippen LogP contribution in [0.4, 0.5) is 0 Å². The molecule has 26 heavy (non-hydrogen) atoms. The van der Waals surface area contributed by atoms with Crippen LogP contribution < -0.4 is 4.74 Å². The fraction of sp³-hybridized carbons (Fsp3) is 0.0952. The summed E-state index contributed by atoms with van der Waals surface area (Å²) < 4.78 is 5.54. The molecular weight excluding hydrogens is 330 g/mol. The van der Waals surface area contributed by atoms with E-state index in [1.165, 1.54) is 0 Å². The van der Waals surface area contributed by atoms with Gasteiger partial charge < -0.3 is 19.8 Å². The second-order valence-electron chi connectivity index (χ2n) is 5.45. The molecule has 5 heteroatoms. The van der Waals surface area contributed by atoms with Crippen LogP contribution in [0, 0.1) is 6.07 Å². The summed E-state index contributed by atoms with van der Waals surface area (Å²) in [4.78, 5) is 5.41. The van der Waals surface area contributed by atoms with E-state index in [0.29, 0.717) is 12.3 Å². The predicted molar refractivity (Wildman–Crippen MR) is 98.6 cm³/mol. The molecule has 0 aliphatic carbocycles. The number of aromatic hydroxyl groups is 2. The van der Waals surface area contributed by atoms with Gasteiger partial charge in [-0.25, -0.2) is 0 Å². The molecule has 0 bridgehead atoms. The molecule has 0 heterocycles. The molecule has 0 atom stereocenters. The molecule has 0 spiro atoms. The van der Waals surface area contributed by atoms with Crippen LogP contribution in [0.25, 0.3) is 0 Å². The van der Waals surface area contributed by atoms with Crippen LogP contribution in [-0.4, -0.2) is 29.1 Å². The molecule has 5 nitrogen and oxygen atoms in total. The second-order valence-corrected chi connectivity index (χ2v) is 5.45. The van der Waals surface area contributed by atoms with Crippen LogP contribution in [0.1, 0.15) is 11.1 Å². The molecule has 1 radical (unpaired) electrons. The Morgan fingerprint density at radius 2 is 1.46 bits per heavy atom. The first-order chi connectivity index (χ1) is 12.7. The van der Waals surface area contributed by atoms with Gasteiger partial charge in [0.25, 0.3) is 0 Å². The van der Waals surface area contributed by atoms with Crippen molar-refractivity contribution in [3.8, 4) is 17.2 Å². The third kappa shape index (κ3) is 4.77. The SMILES string of the molecule is Oc1ccc(C(=NOCCOc2c[c]ccc2)c2ccc(O)cc2)cc1. The highest BCUT2D eigenvalue weighted by atomic mass is 16.6. The van der Waals surface area contributed by atoms with E-state index in [-0.39, 0.29) is 18.1 Å². The molecule has 0 fully saturated rings. The van der Waals surface area contributed by atoms with Crippen LogP contribution in [0.15, 0.2) is 78.0 Å². The maximum atomic E-state index is 9.48. The first kappa shape index (κ1) is 17.4. The third-order valence-corrected chi connectivity index (χ3v) is 3.56. The quantitative estimate of drug-likeness (QED) is 0.388. The number of hydrogen-bond acceptors (Lipinski definition) is 5. The van der Waals surface area contributed by atoms with E-state index in [9.17, 15) is 10.2 Å². The van der Waals surface area contributed by atoms with Gasteiger partial charge in [-0.1, -0.05) is 17.3 Å². The maximum Gasteiger partial charge on any atom is 0.151 e. The lowest BCUT2D eigenvalue weighted by Gasteiger charge is -2.09. The highest BCUT2D eigenvalue weighted by Crippen LogP contribution is 2.17. The Bertz CT molecular complexity index is 796. The van der Waals surface area contributed by atoms with Crippen molar-refractivity contribution >= 4 is 5.71 Å². The Hall–Kier alpha value is -3.47.